The molecule has 0 aliphatic carbocycles. The Hall–Kier alpha value is -1.65. The Morgan fingerprint density at radius 1 is 0.543 bits per heavy atom. The molecule has 1 N–H and O–H groups in total. The largest absolute Gasteiger partial charge is 0.457 e. The van der Waals surface area contributed by atoms with Gasteiger partial charge in [0.1, 0.15) is 6.10 Å². The van der Waals surface area contributed by atoms with Gasteiger partial charge in [0, 0.05) is 13.0 Å². The lowest BCUT2D eigenvalue weighted by atomic mass is 10.0. The number of ether oxygens (including phenoxy) is 2. The summed E-state index contributed by atoms with van der Waals surface area (Å²) >= 11 is 0. The fourth-order valence-electron chi connectivity index (χ4n) is 5.50. The minimum atomic E-state index is -0.545. The average Bonchev–Trinajstić information content (AvgIpc) is 3.06. The Balaban J connectivity index is 3.47. The summed E-state index contributed by atoms with van der Waals surface area (Å²) < 4.78 is 11.1. The van der Waals surface area contributed by atoms with E-state index < -0.39 is 6.10 Å². The van der Waals surface area contributed by atoms with Crippen LogP contribution in [0.15, 0.2) is 48.6 Å². The molecule has 0 aromatic rings. The number of esters is 1. The molecule has 1 unspecified atom stereocenters. The van der Waals surface area contributed by atoms with Gasteiger partial charge in [0.05, 0.1) is 13.2 Å². The van der Waals surface area contributed by atoms with Crippen molar-refractivity contribution in [2.45, 2.75) is 193 Å². The first-order valence-electron chi connectivity index (χ1n) is 19.7. The van der Waals surface area contributed by atoms with E-state index in [0.717, 1.165) is 64.2 Å². The van der Waals surface area contributed by atoms with Crippen LogP contribution in [0.4, 0.5) is 0 Å². The zero-order valence-corrected chi connectivity index (χ0v) is 30.6. The molecule has 0 radical (unpaired) electrons. The van der Waals surface area contributed by atoms with Gasteiger partial charge in [0.15, 0.2) is 0 Å². The maximum absolute atomic E-state index is 12.2. The van der Waals surface area contributed by atoms with Crippen LogP contribution in [0.25, 0.3) is 0 Å². The first-order valence-corrected chi connectivity index (χ1v) is 19.7. The van der Waals surface area contributed by atoms with Gasteiger partial charge in [-0.1, -0.05) is 178 Å². The Morgan fingerprint density at radius 3 is 1.48 bits per heavy atom. The minimum absolute atomic E-state index is 0.181. The number of aliphatic hydroxyl groups is 1. The van der Waals surface area contributed by atoms with Crippen LogP contribution in [-0.4, -0.2) is 37.0 Å². The third kappa shape index (κ3) is 36.8. The normalized spacial score (nSPS) is 12.8. The second kappa shape index (κ2) is 39.5. The van der Waals surface area contributed by atoms with Crippen molar-refractivity contribution < 1.29 is 19.4 Å². The summed E-state index contributed by atoms with van der Waals surface area (Å²) in [5, 5.41) is 9.57. The van der Waals surface area contributed by atoms with Crippen molar-refractivity contribution >= 4 is 5.97 Å². The monoisotopic (exact) mass is 645 g/mol. The fourth-order valence-corrected chi connectivity index (χ4v) is 5.50. The predicted molar refractivity (Wildman–Crippen MR) is 200 cm³/mol. The standard InChI is InChI=1S/C42H76O4/c1-3-5-7-9-11-13-15-17-19-21-23-25-27-29-31-33-35-37-42(44)46-41(39-43)40-45-38-36-34-32-30-28-26-24-22-20-18-16-14-12-10-8-6-4-2/h5,7,11,13,17,19,23,25,41,43H,3-4,6,8-10,12,14-16,18,20-22,24,26-40H2,1-2H3/b7-5-,13-11-,19-17-,25-23-. The number of carbonyl (C=O) groups excluding carboxylic acids is 1. The summed E-state index contributed by atoms with van der Waals surface area (Å²) in [6, 6.07) is 0. The van der Waals surface area contributed by atoms with E-state index >= 15 is 0 Å². The van der Waals surface area contributed by atoms with Gasteiger partial charge in [-0.25, -0.2) is 0 Å². The summed E-state index contributed by atoms with van der Waals surface area (Å²) in [6.07, 6.45) is 50.1. The quantitative estimate of drug-likeness (QED) is 0.0419. The zero-order chi connectivity index (χ0) is 33.4. The van der Waals surface area contributed by atoms with E-state index in [1.807, 2.05) is 0 Å². The summed E-state index contributed by atoms with van der Waals surface area (Å²) in [6.45, 7) is 5.22. The van der Waals surface area contributed by atoms with Crippen molar-refractivity contribution in [2.24, 2.45) is 0 Å². The second-order valence-corrected chi connectivity index (χ2v) is 13.0. The molecule has 0 aliphatic rings. The van der Waals surface area contributed by atoms with Crippen molar-refractivity contribution in [3.05, 3.63) is 48.6 Å². The predicted octanol–water partition coefficient (Wildman–Crippen LogP) is 12.7. The third-order valence-electron chi connectivity index (χ3n) is 8.42. The van der Waals surface area contributed by atoms with Crippen LogP contribution in [-0.2, 0) is 14.3 Å². The van der Waals surface area contributed by atoms with Crippen LogP contribution < -0.4 is 0 Å². The van der Waals surface area contributed by atoms with Gasteiger partial charge in [-0.3, -0.25) is 4.79 Å². The van der Waals surface area contributed by atoms with Crippen LogP contribution in [0, 0.1) is 0 Å². The topological polar surface area (TPSA) is 55.8 Å². The molecule has 0 aromatic heterocycles. The highest BCUT2D eigenvalue weighted by Gasteiger charge is 2.13. The molecule has 4 heteroatoms. The molecule has 0 amide bonds. The average molecular weight is 645 g/mol. The number of rotatable bonds is 36. The Kier molecular flexibility index (Phi) is 38.1. The summed E-state index contributed by atoms with van der Waals surface area (Å²) in [5.41, 5.74) is 0. The number of aliphatic hydroxyl groups excluding tert-OH is 1. The molecule has 0 saturated heterocycles. The van der Waals surface area contributed by atoms with Crippen LogP contribution in [0.5, 0.6) is 0 Å². The molecule has 268 valence electrons. The highest BCUT2D eigenvalue weighted by atomic mass is 16.6. The molecule has 46 heavy (non-hydrogen) atoms. The lowest BCUT2D eigenvalue weighted by molar-refractivity contribution is -0.154. The van der Waals surface area contributed by atoms with E-state index in [-0.39, 0.29) is 19.2 Å². The van der Waals surface area contributed by atoms with Gasteiger partial charge in [-0.05, 0) is 51.4 Å². The first kappa shape index (κ1) is 44.4. The highest BCUT2D eigenvalue weighted by molar-refractivity contribution is 5.69. The van der Waals surface area contributed by atoms with Crippen molar-refractivity contribution in [3.63, 3.8) is 0 Å². The lowest BCUT2D eigenvalue weighted by Gasteiger charge is -2.15. The fraction of sp³-hybridized carbons (Fsp3) is 0.786. The van der Waals surface area contributed by atoms with Crippen LogP contribution in [0.2, 0.25) is 0 Å². The molecular formula is C42H76O4. The summed E-state index contributed by atoms with van der Waals surface area (Å²) in [7, 11) is 0. The number of hydrogen-bond acceptors (Lipinski definition) is 4. The van der Waals surface area contributed by atoms with Crippen LogP contribution in [0.3, 0.4) is 0 Å². The zero-order valence-electron chi connectivity index (χ0n) is 30.6. The molecule has 0 bridgehead atoms. The van der Waals surface area contributed by atoms with Gasteiger partial charge < -0.3 is 14.6 Å². The highest BCUT2D eigenvalue weighted by Crippen LogP contribution is 2.14. The van der Waals surface area contributed by atoms with Gasteiger partial charge in [-0.2, -0.15) is 0 Å². The lowest BCUT2D eigenvalue weighted by Crippen LogP contribution is -2.27. The van der Waals surface area contributed by atoms with Crippen LogP contribution >= 0.6 is 0 Å². The van der Waals surface area contributed by atoms with Gasteiger partial charge in [0.2, 0.25) is 0 Å². The Labute approximate surface area is 286 Å². The minimum Gasteiger partial charge on any atom is -0.457 e. The number of unbranched alkanes of at least 4 members (excludes halogenated alkanes) is 20. The van der Waals surface area contributed by atoms with Gasteiger partial charge in [0.25, 0.3) is 0 Å². The number of carbonyl (C=O) groups is 1. The molecule has 0 rings (SSSR count). The Bertz CT molecular complexity index is 723. The second-order valence-electron chi connectivity index (χ2n) is 13.0. The first-order chi connectivity index (χ1) is 22.7. The molecule has 0 spiro atoms. The SMILES string of the molecule is CC/C=C\C/C=C\C/C=C\C/C=C\CCCCCCC(=O)OC(CO)COCCCCCCCCCCCCCCCCCCC. The Morgan fingerprint density at radius 2 is 0.978 bits per heavy atom. The molecular weight excluding hydrogens is 568 g/mol. The van der Waals surface area contributed by atoms with E-state index in [0.29, 0.717) is 13.0 Å². The smallest absolute Gasteiger partial charge is 0.306 e. The molecule has 0 heterocycles. The van der Waals surface area contributed by atoms with E-state index in [4.69, 9.17) is 9.47 Å². The molecule has 0 aliphatic heterocycles. The van der Waals surface area contributed by atoms with Crippen molar-refractivity contribution in [1.29, 1.82) is 0 Å². The van der Waals surface area contributed by atoms with Crippen molar-refractivity contribution in [2.75, 3.05) is 19.8 Å². The maximum Gasteiger partial charge on any atom is 0.306 e. The van der Waals surface area contributed by atoms with E-state index in [1.165, 1.54) is 103 Å². The molecule has 0 fully saturated rings. The molecule has 0 aromatic carbocycles. The number of allylic oxidation sites excluding steroid dienone is 8. The maximum atomic E-state index is 12.2. The number of hydrogen-bond donors (Lipinski definition) is 1. The van der Waals surface area contributed by atoms with Gasteiger partial charge >= 0.3 is 5.97 Å². The molecule has 4 nitrogen and oxygen atoms in total. The van der Waals surface area contributed by atoms with E-state index in [1.54, 1.807) is 0 Å². The molecule has 0 saturated carbocycles. The summed E-state index contributed by atoms with van der Waals surface area (Å²) in [4.78, 5) is 12.2. The van der Waals surface area contributed by atoms with Crippen molar-refractivity contribution in [1.82, 2.24) is 0 Å². The van der Waals surface area contributed by atoms with Crippen LogP contribution in [0.1, 0.15) is 187 Å². The van der Waals surface area contributed by atoms with Gasteiger partial charge in [-0.15, -0.1) is 0 Å². The van der Waals surface area contributed by atoms with Crippen molar-refractivity contribution in [3.8, 4) is 0 Å². The van der Waals surface area contributed by atoms with E-state index in [2.05, 4.69) is 62.5 Å². The third-order valence-corrected chi connectivity index (χ3v) is 8.42. The molecule has 1 atom stereocenters. The van der Waals surface area contributed by atoms with E-state index in [9.17, 15) is 9.90 Å². The summed E-state index contributed by atoms with van der Waals surface area (Å²) in [5.74, 6) is -0.223.